The van der Waals surface area contributed by atoms with Gasteiger partial charge in [0.15, 0.2) is 0 Å². The molecule has 1 aliphatic rings. The molecule has 9 nitrogen and oxygen atoms in total. The summed E-state index contributed by atoms with van der Waals surface area (Å²) in [6.45, 7) is 0.758. The average molecular weight is 485 g/mol. The maximum atomic E-state index is 13.3. The minimum absolute atomic E-state index is 0.0452. The number of rotatable bonds is 6. The monoisotopic (exact) mass is 485 g/mol. The number of carbonyl (C=O) groups is 1. The van der Waals surface area contributed by atoms with E-state index in [1.165, 1.54) is 47.4 Å². The molecule has 1 saturated heterocycles. The van der Waals surface area contributed by atoms with Crippen molar-refractivity contribution in [2.75, 3.05) is 24.4 Å². The third-order valence-electron chi connectivity index (χ3n) is 5.34. The van der Waals surface area contributed by atoms with Crippen LogP contribution in [-0.2, 0) is 14.8 Å². The van der Waals surface area contributed by atoms with Gasteiger partial charge in [-0.2, -0.15) is 0 Å². The first-order valence-electron chi connectivity index (χ1n) is 10.3. The molecule has 176 valence electrons. The van der Waals surface area contributed by atoms with Crippen LogP contribution in [-0.4, -0.2) is 43.8 Å². The summed E-state index contributed by atoms with van der Waals surface area (Å²) in [4.78, 5) is 24.9. The molecule has 0 bridgehead atoms. The fraction of sp³-hybridized carbons (Fsp3) is 0.174. The molecule has 1 unspecified atom stereocenters. The third-order valence-corrected chi connectivity index (χ3v) is 6.70. The Morgan fingerprint density at radius 1 is 1.09 bits per heavy atom. The van der Waals surface area contributed by atoms with Gasteiger partial charge < -0.3 is 9.64 Å². The van der Waals surface area contributed by atoms with Crippen molar-refractivity contribution in [2.45, 2.75) is 11.0 Å². The van der Waals surface area contributed by atoms with E-state index in [2.05, 4.69) is 4.72 Å². The van der Waals surface area contributed by atoms with Gasteiger partial charge >= 0.3 is 0 Å². The Kier molecular flexibility index (Phi) is 6.57. The number of halogens is 1. The Hall–Kier alpha value is -3.83. The number of para-hydroxylation sites is 1. The summed E-state index contributed by atoms with van der Waals surface area (Å²) in [5.41, 5.74) is 0.519. The number of nitrogens with one attached hydrogen (secondary N) is 1. The van der Waals surface area contributed by atoms with Gasteiger partial charge in [-0.25, -0.2) is 12.8 Å². The third kappa shape index (κ3) is 5.05. The number of nitro groups is 1. The van der Waals surface area contributed by atoms with E-state index in [0.29, 0.717) is 6.54 Å². The van der Waals surface area contributed by atoms with Gasteiger partial charge in [-0.1, -0.05) is 30.3 Å². The Bertz CT molecular complexity index is 1330. The van der Waals surface area contributed by atoms with Crippen LogP contribution in [0.3, 0.4) is 0 Å². The Morgan fingerprint density at radius 2 is 1.82 bits per heavy atom. The summed E-state index contributed by atoms with van der Waals surface area (Å²) in [7, 11) is -4.20. The van der Waals surface area contributed by atoms with Gasteiger partial charge in [0.05, 0.1) is 34.2 Å². The second kappa shape index (κ2) is 9.57. The van der Waals surface area contributed by atoms with Gasteiger partial charge in [0, 0.05) is 18.7 Å². The molecule has 3 aromatic rings. The number of nitrogens with zero attached hydrogens (tertiary/aromatic N) is 2. The standard InChI is InChI=1S/C23H20FN3O6S/c24-17-10-8-16(9-11-17)22-15-26(12-13-33-22)23(28)20-6-1-2-7-21(20)25-34(31,32)19-5-3-4-18(14-19)27(29)30/h1-11,14,22,25H,12-13,15H2. The molecule has 34 heavy (non-hydrogen) atoms. The molecule has 0 saturated carbocycles. The van der Waals surface area contributed by atoms with E-state index in [4.69, 9.17) is 4.74 Å². The molecule has 0 radical (unpaired) electrons. The zero-order chi connectivity index (χ0) is 24.3. The number of non-ortho nitro benzene ring substituents is 1. The zero-order valence-corrected chi connectivity index (χ0v) is 18.6. The quantitative estimate of drug-likeness (QED) is 0.420. The summed E-state index contributed by atoms with van der Waals surface area (Å²) >= 11 is 0. The Morgan fingerprint density at radius 3 is 2.56 bits per heavy atom. The Balaban J connectivity index is 1.57. The topological polar surface area (TPSA) is 119 Å². The van der Waals surface area contributed by atoms with E-state index in [1.807, 2.05) is 0 Å². The van der Waals surface area contributed by atoms with Crippen molar-refractivity contribution in [3.05, 3.63) is 99.9 Å². The van der Waals surface area contributed by atoms with Gasteiger partial charge in [0.2, 0.25) is 0 Å². The average Bonchev–Trinajstić information content (AvgIpc) is 2.84. The number of carbonyl (C=O) groups excluding carboxylic acids is 1. The van der Waals surface area contributed by atoms with Crippen LogP contribution in [0, 0.1) is 15.9 Å². The van der Waals surface area contributed by atoms with Crippen molar-refractivity contribution in [3.8, 4) is 0 Å². The normalized spacial score (nSPS) is 16.1. The Labute approximate surface area is 195 Å². The van der Waals surface area contributed by atoms with Crippen molar-refractivity contribution in [3.63, 3.8) is 0 Å². The zero-order valence-electron chi connectivity index (χ0n) is 17.8. The lowest BCUT2D eigenvalue weighted by molar-refractivity contribution is -0.385. The minimum Gasteiger partial charge on any atom is -0.370 e. The van der Waals surface area contributed by atoms with Gasteiger partial charge in [-0.15, -0.1) is 0 Å². The fourth-order valence-corrected chi connectivity index (χ4v) is 4.73. The number of benzene rings is 3. The van der Waals surface area contributed by atoms with E-state index < -0.39 is 27.0 Å². The predicted octanol–water partition coefficient (Wildman–Crippen LogP) is 3.75. The minimum atomic E-state index is -4.20. The molecule has 1 aliphatic heterocycles. The molecule has 1 N–H and O–H groups in total. The number of hydrogen-bond donors (Lipinski definition) is 1. The summed E-state index contributed by atoms with van der Waals surface area (Å²) < 4.78 is 47.1. The molecule has 11 heteroatoms. The first-order chi connectivity index (χ1) is 16.2. The van der Waals surface area contributed by atoms with Gasteiger partial charge in [-0.05, 0) is 35.9 Å². The molecule has 1 atom stereocenters. The highest BCUT2D eigenvalue weighted by molar-refractivity contribution is 7.92. The van der Waals surface area contributed by atoms with Crippen molar-refractivity contribution in [1.29, 1.82) is 0 Å². The first-order valence-corrected chi connectivity index (χ1v) is 11.8. The number of amides is 1. The van der Waals surface area contributed by atoms with Gasteiger partial charge in [0.1, 0.15) is 11.9 Å². The lowest BCUT2D eigenvalue weighted by Gasteiger charge is -2.33. The number of anilines is 1. The highest BCUT2D eigenvalue weighted by atomic mass is 32.2. The van der Waals surface area contributed by atoms with E-state index in [-0.39, 0.29) is 40.8 Å². The number of sulfonamides is 1. The molecule has 0 spiro atoms. The van der Waals surface area contributed by atoms with Crippen LogP contribution < -0.4 is 4.72 Å². The van der Waals surface area contributed by atoms with Crippen LogP contribution in [0.4, 0.5) is 15.8 Å². The predicted molar refractivity (Wildman–Crippen MR) is 121 cm³/mol. The van der Waals surface area contributed by atoms with Crippen LogP contribution in [0.15, 0.2) is 77.7 Å². The molecule has 1 fully saturated rings. The van der Waals surface area contributed by atoms with Crippen LogP contribution in [0.1, 0.15) is 22.0 Å². The molecule has 0 aromatic heterocycles. The van der Waals surface area contributed by atoms with Crippen molar-refractivity contribution in [2.24, 2.45) is 0 Å². The fourth-order valence-electron chi connectivity index (χ4n) is 3.61. The number of nitro benzene ring substituents is 1. The smallest absolute Gasteiger partial charge is 0.270 e. The van der Waals surface area contributed by atoms with Crippen molar-refractivity contribution in [1.82, 2.24) is 4.90 Å². The SMILES string of the molecule is O=C(c1ccccc1NS(=O)(=O)c1cccc([N+](=O)[O-])c1)N1CCOC(c2ccc(F)cc2)C1. The molecule has 4 rings (SSSR count). The van der Waals surface area contributed by atoms with E-state index >= 15 is 0 Å². The van der Waals surface area contributed by atoms with Crippen molar-refractivity contribution >= 4 is 27.3 Å². The highest BCUT2D eigenvalue weighted by Crippen LogP contribution is 2.27. The molecular formula is C23H20FN3O6S. The molecule has 1 amide bonds. The largest absolute Gasteiger partial charge is 0.370 e. The van der Waals surface area contributed by atoms with Gasteiger partial charge in [-0.3, -0.25) is 19.6 Å². The second-order valence-electron chi connectivity index (χ2n) is 7.57. The maximum absolute atomic E-state index is 13.3. The maximum Gasteiger partial charge on any atom is 0.270 e. The summed E-state index contributed by atoms with van der Waals surface area (Å²) in [6.07, 6.45) is -0.452. The molecule has 0 aliphatic carbocycles. The second-order valence-corrected chi connectivity index (χ2v) is 9.25. The summed E-state index contributed by atoms with van der Waals surface area (Å²) in [5.74, 6) is -0.787. The first kappa shape index (κ1) is 23.3. The van der Waals surface area contributed by atoms with Crippen LogP contribution in [0.5, 0.6) is 0 Å². The van der Waals surface area contributed by atoms with E-state index in [1.54, 1.807) is 24.3 Å². The van der Waals surface area contributed by atoms with Crippen LogP contribution >= 0.6 is 0 Å². The van der Waals surface area contributed by atoms with E-state index in [0.717, 1.165) is 11.6 Å². The van der Waals surface area contributed by atoms with Gasteiger partial charge in [0.25, 0.3) is 21.6 Å². The molecular weight excluding hydrogens is 465 g/mol. The number of morpholine rings is 1. The summed E-state index contributed by atoms with van der Waals surface area (Å²) in [5, 5.41) is 11.0. The lowest BCUT2D eigenvalue weighted by atomic mass is 10.1. The van der Waals surface area contributed by atoms with Crippen molar-refractivity contribution < 1.29 is 27.3 Å². The van der Waals surface area contributed by atoms with E-state index in [9.17, 15) is 27.7 Å². The summed E-state index contributed by atoms with van der Waals surface area (Å²) in [6, 6.07) is 16.6. The number of ether oxygens (including phenoxy) is 1. The van der Waals surface area contributed by atoms with Crippen LogP contribution in [0.25, 0.3) is 0 Å². The molecule has 3 aromatic carbocycles. The lowest BCUT2D eigenvalue weighted by Crippen LogP contribution is -2.42. The highest BCUT2D eigenvalue weighted by Gasteiger charge is 2.28. The van der Waals surface area contributed by atoms with Crippen LogP contribution in [0.2, 0.25) is 0 Å². The molecule has 1 heterocycles. The number of hydrogen-bond acceptors (Lipinski definition) is 6.